The fourth-order valence-corrected chi connectivity index (χ4v) is 2.53. The Morgan fingerprint density at radius 1 is 1.27 bits per heavy atom. The van der Waals surface area contributed by atoms with E-state index in [0.29, 0.717) is 5.56 Å². The van der Waals surface area contributed by atoms with Gasteiger partial charge in [-0.2, -0.15) is 0 Å². The van der Waals surface area contributed by atoms with Crippen molar-refractivity contribution in [3.8, 4) is 0 Å². The molecule has 1 fully saturated rings. The molecular formula is C16H27N5O. The summed E-state index contributed by atoms with van der Waals surface area (Å²) in [6.45, 7) is 8.49. The molecule has 0 atom stereocenters. The Labute approximate surface area is 133 Å². The van der Waals surface area contributed by atoms with Gasteiger partial charge in [0, 0.05) is 51.7 Å². The highest BCUT2D eigenvalue weighted by atomic mass is 16.2. The highest BCUT2D eigenvalue weighted by Gasteiger charge is 2.21. The number of carbonyl (C=O) groups is 1. The van der Waals surface area contributed by atoms with Crippen LogP contribution in [0.3, 0.4) is 0 Å². The molecule has 1 aliphatic rings. The molecule has 6 nitrogen and oxygen atoms in total. The first-order valence-electron chi connectivity index (χ1n) is 7.95. The number of nitrogens with one attached hydrogen (secondary N) is 1. The molecule has 1 aliphatic heterocycles. The monoisotopic (exact) mass is 305 g/mol. The van der Waals surface area contributed by atoms with E-state index in [1.807, 2.05) is 25.1 Å². The SMILES string of the molecule is CCN1CCN(C(=O)c2cncc(NCCN(C)C)c2)CC1. The summed E-state index contributed by atoms with van der Waals surface area (Å²) in [7, 11) is 4.08. The molecule has 0 unspecified atom stereocenters. The maximum atomic E-state index is 12.6. The van der Waals surface area contributed by atoms with Crippen LogP contribution in [0.4, 0.5) is 5.69 Å². The van der Waals surface area contributed by atoms with Gasteiger partial charge in [0.15, 0.2) is 0 Å². The number of pyridine rings is 1. The number of nitrogens with zero attached hydrogens (tertiary/aromatic N) is 4. The molecule has 1 saturated heterocycles. The van der Waals surface area contributed by atoms with Crippen LogP contribution in [0.1, 0.15) is 17.3 Å². The van der Waals surface area contributed by atoms with Crippen LogP contribution in [-0.4, -0.2) is 85.5 Å². The van der Waals surface area contributed by atoms with E-state index in [-0.39, 0.29) is 5.91 Å². The molecule has 2 rings (SSSR count). The first-order chi connectivity index (χ1) is 10.6. The van der Waals surface area contributed by atoms with Crippen molar-refractivity contribution in [1.82, 2.24) is 19.7 Å². The summed E-state index contributed by atoms with van der Waals surface area (Å²) in [6.07, 6.45) is 3.42. The highest BCUT2D eigenvalue weighted by molar-refractivity contribution is 5.94. The minimum atomic E-state index is 0.0829. The second-order valence-corrected chi connectivity index (χ2v) is 5.92. The fourth-order valence-electron chi connectivity index (χ4n) is 2.53. The summed E-state index contributed by atoms with van der Waals surface area (Å²) < 4.78 is 0. The van der Waals surface area contributed by atoms with Gasteiger partial charge < -0.3 is 20.0 Å². The third-order valence-electron chi connectivity index (χ3n) is 3.98. The van der Waals surface area contributed by atoms with Crippen molar-refractivity contribution < 1.29 is 4.79 Å². The van der Waals surface area contributed by atoms with Crippen molar-refractivity contribution in [1.29, 1.82) is 0 Å². The molecule has 6 heteroatoms. The zero-order valence-electron chi connectivity index (χ0n) is 13.9. The van der Waals surface area contributed by atoms with Gasteiger partial charge in [-0.3, -0.25) is 9.78 Å². The normalized spacial score (nSPS) is 16.1. The number of amides is 1. The Hall–Kier alpha value is -1.66. The van der Waals surface area contributed by atoms with Gasteiger partial charge >= 0.3 is 0 Å². The molecule has 2 heterocycles. The molecule has 0 aromatic carbocycles. The number of rotatable bonds is 6. The molecule has 0 spiro atoms. The maximum Gasteiger partial charge on any atom is 0.255 e. The zero-order valence-corrected chi connectivity index (χ0v) is 13.9. The van der Waals surface area contributed by atoms with E-state index < -0.39 is 0 Å². The maximum absolute atomic E-state index is 12.6. The Kier molecular flexibility index (Phi) is 6.15. The Bertz CT molecular complexity index is 483. The number of hydrogen-bond donors (Lipinski definition) is 1. The molecule has 0 radical (unpaired) electrons. The Balaban J connectivity index is 1.92. The lowest BCUT2D eigenvalue weighted by atomic mass is 10.2. The van der Waals surface area contributed by atoms with Gasteiger partial charge in [0.05, 0.1) is 11.3 Å². The summed E-state index contributed by atoms with van der Waals surface area (Å²) >= 11 is 0. The number of piperazine rings is 1. The van der Waals surface area contributed by atoms with Crippen LogP contribution < -0.4 is 5.32 Å². The fraction of sp³-hybridized carbons (Fsp3) is 0.625. The molecule has 1 N–H and O–H groups in total. The molecule has 0 aliphatic carbocycles. The summed E-state index contributed by atoms with van der Waals surface area (Å²) in [5.74, 6) is 0.0829. The van der Waals surface area contributed by atoms with Crippen LogP contribution in [-0.2, 0) is 0 Å². The summed E-state index contributed by atoms with van der Waals surface area (Å²) in [4.78, 5) is 23.2. The summed E-state index contributed by atoms with van der Waals surface area (Å²) in [5, 5.41) is 3.31. The smallest absolute Gasteiger partial charge is 0.255 e. The Morgan fingerprint density at radius 2 is 2.00 bits per heavy atom. The quantitative estimate of drug-likeness (QED) is 0.844. The van der Waals surface area contributed by atoms with E-state index in [9.17, 15) is 4.79 Å². The molecule has 0 bridgehead atoms. The van der Waals surface area contributed by atoms with Crippen LogP contribution in [0.5, 0.6) is 0 Å². The molecule has 1 amide bonds. The first kappa shape index (κ1) is 16.7. The molecular weight excluding hydrogens is 278 g/mol. The van der Waals surface area contributed by atoms with Crippen molar-refractivity contribution in [2.75, 3.05) is 65.2 Å². The molecule has 1 aromatic rings. The number of carbonyl (C=O) groups excluding carboxylic acids is 1. The zero-order chi connectivity index (χ0) is 15.9. The highest BCUT2D eigenvalue weighted by Crippen LogP contribution is 2.12. The van der Waals surface area contributed by atoms with E-state index in [1.165, 1.54) is 0 Å². The van der Waals surface area contributed by atoms with Crippen molar-refractivity contribution in [3.63, 3.8) is 0 Å². The third-order valence-corrected chi connectivity index (χ3v) is 3.98. The van der Waals surface area contributed by atoms with Crippen molar-refractivity contribution >= 4 is 11.6 Å². The van der Waals surface area contributed by atoms with Crippen LogP contribution in [0, 0.1) is 0 Å². The standard InChI is InChI=1S/C16H27N5O/c1-4-20-7-9-21(10-8-20)16(22)14-11-15(13-17-12-14)18-5-6-19(2)3/h11-13,18H,4-10H2,1-3H3. The first-order valence-corrected chi connectivity index (χ1v) is 7.95. The lowest BCUT2D eigenvalue weighted by Crippen LogP contribution is -2.48. The topological polar surface area (TPSA) is 51.7 Å². The summed E-state index contributed by atoms with van der Waals surface area (Å²) in [5.41, 5.74) is 1.57. The lowest BCUT2D eigenvalue weighted by Gasteiger charge is -2.34. The van der Waals surface area contributed by atoms with Gasteiger partial charge in [0.1, 0.15) is 0 Å². The minimum Gasteiger partial charge on any atom is -0.382 e. The lowest BCUT2D eigenvalue weighted by molar-refractivity contribution is 0.0643. The van der Waals surface area contributed by atoms with Gasteiger partial charge in [0.25, 0.3) is 5.91 Å². The van der Waals surface area contributed by atoms with Gasteiger partial charge in [-0.15, -0.1) is 0 Å². The predicted octanol–water partition coefficient (Wildman–Crippen LogP) is 0.833. The van der Waals surface area contributed by atoms with Crippen molar-refractivity contribution in [2.24, 2.45) is 0 Å². The number of anilines is 1. The van der Waals surface area contributed by atoms with Crippen LogP contribution >= 0.6 is 0 Å². The van der Waals surface area contributed by atoms with E-state index in [0.717, 1.165) is 51.5 Å². The largest absolute Gasteiger partial charge is 0.382 e. The second-order valence-electron chi connectivity index (χ2n) is 5.92. The van der Waals surface area contributed by atoms with E-state index in [1.54, 1.807) is 12.4 Å². The number of aromatic nitrogens is 1. The van der Waals surface area contributed by atoms with E-state index in [2.05, 4.69) is 27.0 Å². The van der Waals surface area contributed by atoms with Gasteiger partial charge in [-0.25, -0.2) is 0 Å². The third kappa shape index (κ3) is 4.68. The summed E-state index contributed by atoms with van der Waals surface area (Å²) in [6, 6.07) is 1.90. The van der Waals surface area contributed by atoms with Gasteiger partial charge in [-0.1, -0.05) is 6.92 Å². The van der Waals surface area contributed by atoms with E-state index in [4.69, 9.17) is 0 Å². The van der Waals surface area contributed by atoms with Crippen molar-refractivity contribution in [3.05, 3.63) is 24.0 Å². The predicted molar refractivity (Wildman–Crippen MR) is 89.3 cm³/mol. The van der Waals surface area contributed by atoms with Crippen LogP contribution in [0.25, 0.3) is 0 Å². The van der Waals surface area contributed by atoms with Crippen LogP contribution in [0.15, 0.2) is 18.5 Å². The van der Waals surface area contributed by atoms with Crippen molar-refractivity contribution in [2.45, 2.75) is 6.92 Å². The molecule has 1 aromatic heterocycles. The number of likely N-dealkylation sites (N-methyl/N-ethyl adjacent to an activating group) is 2. The number of hydrogen-bond acceptors (Lipinski definition) is 5. The molecule has 122 valence electrons. The van der Waals surface area contributed by atoms with Gasteiger partial charge in [-0.05, 0) is 26.7 Å². The molecule has 0 saturated carbocycles. The average Bonchev–Trinajstić information content (AvgIpc) is 2.54. The Morgan fingerprint density at radius 3 is 2.64 bits per heavy atom. The second kappa shape index (κ2) is 8.10. The van der Waals surface area contributed by atoms with E-state index >= 15 is 0 Å². The molecule has 22 heavy (non-hydrogen) atoms. The average molecular weight is 305 g/mol. The van der Waals surface area contributed by atoms with Gasteiger partial charge in [0.2, 0.25) is 0 Å². The van der Waals surface area contributed by atoms with Crippen LogP contribution in [0.2, 0.25) is 0 Å². The minimum absolute atomic E-state index is 0.0829.